The topological polar surface area (TPSA) is 83.9 Å². The summed E-state index contributed by atoms with van der Waals surface area (Å²) >= 11 is 3.75. The van der Waals surface area contributed by atoms with Crippen molar-refractivity contribution < 1.29 is 24.2 Å². The Bertz CT molecular complexity index is 608. The Balaban J connectivity index is 2.07. The van der Waals surface area contributed by atoms with Gasteiger partial charge in [0.1, 0.15) is 5.60 Å². The fraction of sp³-hybridized carbons (Fsp3) is 0.786. The van der Waals surface area contributed by atoms with Crippen molar-refractivity contribution in [2.45, 2.75) is 41.7 Å². The second-order valence-electron chi connectivity index (χ2n) is 6.82. The Labute approximate surface area is 129 Å². The van der Waals surface area contributed by atoms with Gasteiger partial charge in [-0.1, -0.05) is 15.9 Å². The Hall–Kier alpha value is -1.11. The molecule has 21 heavy (non-hydrogen) atoms. The zero-order valence-electron chi connectivity index (χ0n) is 11.8. The van der Waals surface area contributed by atoms with Gasteiger partial charge in [0.15, 0.2) is 0 Å². The van der Waals surface area contributed by atoms with E-state index in [1.165, 1.54) is 0 Å². The van der Waals surface area contributed by atoms with Crippen LogP contribution in [0.4, 0.5) is 0 Å². The number of aliphatic carboxylic acids is 1. The molecule has 3 saturated heterocycles. The van der Waals surface area contributed by atoms with Crippen LogP contribution in [-0.4, -0.2) is 50.4 Å². The van der Waals surface area contributed by atoms with Gasteiger partial charge in [-0.15, -0.1) is 0 Å². The molecule has 0 aromatic rings. The molecule has 0 unspecified atom stereocenters. The molecule has 2 saturated carbocycles. The minimum Gasteiger partial charge on any atom is -0.481 e. The second-order valence-corrected chi connectivity index (χ2v) is 8.18. The van der Waals surface area contributed by atoms with E-state index in [9.17, 15) is 19.5 Å². The van der Waals surface area contributed by atoms with Gasteiger partial charge < -0.3 is 14.7 Å². The summed E-state index contributed by atoms with van der Waals surface area (Å²) in [7, 11) is 1.66. The minimum absolute atomic E-state index is 0.164. The van der Waals surface area contributed by atoms with Crippen LogP contribution in [0.2, 0.25) is 0 Å². The third-order valence-corrected chi connectivity index (χ3v) is 8.29. The summed E-state index contributed by atoms with van der Waals surface area (Å²) in [6.45, 7) is 1.79. The lowest BCUT2D eigenvalue weighted by Gasteiger charge is -2.65. The number of amides is 1. The molecule has 7 heteroatoms. The first-order chi connectivity index (χ1) is 9.72. The molecule has 6 nitrogen and oxygen atoms in total. The molecule has 1 amide bonds. The molecule has 114 valence electrons. The van der Waals surface area contributed by atoms with E-state index in [1.807, 2.05) is 0 Å². The van der Waals surface area contributed by atoms with Crippen molar-refractivity contribution in [3.05, 3.63) is 0 Å². The summed E-state index contributed by atoms with van der Waals surface area (Å²) in [4.78, 5) is 38.6. The van der Waals surface area contributed by atoms with Crippen LogP contribution in [0.15, 0.2) is 0 Å². The second kappa shape index (κ2) is 3.45. The first-order valence-electron chi connectivity index (χ1n) is 7.14. The van der Waals surface area contributed by atoms with E-state index in [1.54, 1.807) is 18.9 Å². The zero-order chi connectivity index (χ0) is 15.4. The summed E-state index contributed by atoms with van der Waals surface area (Å²) < 4.78 is 4.93. The maximum Gasteiger partial charge on any atom is 0.311 e. The summed E-state index contributed by atoms with van der Waals surface area (Å²) in [6, 6.07) is 0. The van der Waals surface area contributed by atoms with E-state index in [0.717, 1.165) is 6.42 Å². The number of nitrogens with zero attached hydrogens (tertiary/aromatic N) is 1. The first kappa shape index (κ1) is 13.5. The van der Waals surface area contributed by atoms with Gasteiger partial charge in [0.05, 0.1) is 27.6 Å². The van der Waals surface area contributed by atoms with Crippen LogP contribution in [0.1, 0.15) is 26.2 Å². The van der Waals surface area contributed by atoms with Gasteiger partial charge in [-0.25, -0.2) is 0 Å². The minimum atomic E-state index is -1.02. The molecule has 4 bridgehead atoms. The van der Waals surface area contributed by atoms with Crippen molar-refractivity contribution in [1.29, 1.82) is 0 Å². The number of carboxylic acids is 1. The monoisotopic (exact) mass is 357 g/mol. The van der Waals surface area contributed by atoms with E-state index >= 15 is 0 Å². The lowest BCUT2D eigenvalue weighted by Crippen LogP contribution is -2.83. The van der Waals surface area contributed by atoms with E-state index in [0.29, 0.717) is 12.8 Å². The smallest absolute Gasteiger partial charge is 0.311 e. The molecule has 3 heterocycles. The summed E-state index contributed by atoms with van der Waals surface area (Å²) in [5, 5.41) is 9.78. The average Bonchev–Trinajstić information content (AvgIpc) is 2.86. The number of carbonyl (C=O) groups is 3. The van der Waals surface area contributed by atoms with E-state index < -0.39 is 45.2 Å². The maximum absolute atomic E-state index is 12.7. The van der Waals surface area contributed by atoms with Crippen molar-refractivity contribution in [2.24, 2.45) is 17.8 Å². The molecular weight excluding hydrogens is 342 g/mol. The normalized spacial score (nSPS) is 53.9. The lowest BCUT2D eigenvalue weighted by molar-refractivity contribution is -0.197. The van der Waals surface area contributed by atoms with Crippen LogP contribution >= 0.6 is 15.9 Å². The quantitative estimate of drug-likeness (QED) is 0.553. The number of esters is 1. The molecule has 2 aliphatic carbocycles. The number of carboxylic acid groups (broad SMARTS) is 1. The number of fused-ring (bicyclic) bond motifs is 1. The number of rotatable bonds is 1. The summed E-state index contributed by atoms with van der Waals surface area (Å²) in [6.07, 6.45) is 2.08. The Kier molecular flexibility index (Phi) is 2.22. The number of ether oxygens (including phenoxy) is 1. The molecule has 1 spiro atoms. The van der Waals surface area contributed by atoms with Gasteiger partial charge in [0.25, 0.3) is 0 Å². The highest BCUT2D eigenvalue weighted by Gasteiger charge is 2.86. The number of hydrogen-bond donors (Lipinski definition) is 1. The molecule has 5 fully saturated rings. The number of hydrogen-bond acceptors (Lipinski definition) is 4. The Morgan fingerprint density at radius 2 is 2.10 bits per heavy atom. The molecule has 0 aromatic heterocycles. The molecular formula is C14H16BrNO5. The van der Waals surface area contributed by atoms with Gasteiger partial charge in [-0.05, 0) is 26.2 Å². The number of alkyl halides is 1. The fourth-order valence-corrected chi connectivity index (χ4v) is 6.98. The van der Waals surface area contributed by atoms with Crippen molar-refractivity contribution in [3.63, 3.8) is 0 Å². The summed E-state index contributed by atoms with van der Waals surface area (Å²) in [5.41, 5.74) is -1.85. The van der Waals surface area contributed by atoms with Crippen LogP contribution < -0.4 is 0 Å². The predicted octanol–water partition coefficient (Wildman–Crippen LogP) is 0.777. The maximum atomic E-state index is 12.7. The first-order valence-corrected chi connectivity index (χ1v) is 7.94. The van der Waals surface area contributed by atoms with Gasteiger partial charge >= 0.3 is 11.9 Å². The third-order valence-electron chi connectivity index (χ3n) is 6.42. The van der Waals surface area contributed by atoms with Crippen LogP contribution in [0.25, 0.3) is 0 Å². The number of piperidine rings is 2. The van der Waals surface area contributed by atoms with Crippen LogP contribution in [0, 0.1) is 17.8 Å². The summed E-state index contributed by atoms with van der Waals surface area (Å²) in [5.74, 6) is -4.20. The molecule has 0 radical (unpaired) electrons. The SMILES string of the molecule is CN1C(=O)[C@H]2[C@H]3C(=O)O[C@@]2(C)[C@@]2(Br)CCC[C@@]12[C@@H]3C(=O)O. The standard InChI is InChI=1S/C14H16BrNO5/c1-12-7-6(11(20)21-12)8(10(18)19)13(16(2)9(7)17)4-3-5-14(12,13)15/h6-8H,3-5H2,1-2H3,(H,18,19)/t6-,7-,8+,12-,13+,14+/m1/s1. The number of carbonyl (C=O) groups excluding carboxylic acids is 2. The lowest BCUT2D eigenvalue weighted by atomic mass is 9.50. The zero-order valence-corrected chi connectivity index (χ0v) is 13.3. The highest BCUT2D eigenvalue weighted by molar-refractivity contribution is 9.10. The van der Waals surface area contributed by atoms with Crippen LogP contribution in [-0.2, 0) is 19.1 Å². The van der Waals surface area contributed by atoms with Crippen LogP contribution in [0.3, 0.4) is 0 Å². The van der Waals surface area contributed by atoms with Gasteiger partial charge in [0, 0.05) is 7.05 Å². The molecule has 1 N–H and O–H groups in total. The Morgan fingerprint density at radius 3 is 2.71 bits per heavy atom. The molecule has 0 aromatic carbocycles. The fourth-order valence-electron chi connectivity index (χ4n) is 5.66. The van der Waals surface area contributed by atoms with Crippen molar-refractivity contribution >= 4 is 33.8 Å². The largest absolute Gasteiger partial charge is 0.481 e. The third kappa shape index (κ3) is 1.04. The van der Waals surface area contributed by atoms with Gasteiger partial charge in [-0.2, -0.15) is 0 Å². The van der Waals surface area contributed by atoms with Crippen molar-refractivity contribution in [2.75, 3.05) is 7.05 Å². The molecule has 5 aliphatic rings. The van der Waals surface area contributed by atoms with Crippen molar-refractivity contribution in [3.8, 4) is 0 Å². The number of halogens is 1. The molecule has 5 rings (SSSR count). The molecule has 3 aliphatic heterocycles. The predicted molar refractivity (Wildman–Crippen MR) is 73.6 cm³/mol. The van der Waals surface area contributed by atoms with E-state index in [-0.39, 0.29) is 5.91 Å². The molecule has 6 atom stereocenters. The van der Waals surface area contributed by atoms with Gasteiger partial charge in [0.2, 0.25) is 5.91 Å². The average molecular weight is 358 g/mol. The highest BCUT2D eigenvalue weighted by atomic mass is 79.9. The van der Waals surface area contributed by atoms with E-state index in [4.69, 9.17) is 4.74 Å². The van der Waals surface area contributed by atoms with Crippen molar-refractivity contribution in [1.82, 2.24) is 4.90 Å². The van der Waals surface area contributed by atoms with Gasteiger partial charge in [-0.3, -0.25) is 14.4 Å². The highest BCUT2D eigenvalue weighted by Crippen LogP contribution is 2.72. The van der Waals surface area contributed by atoms with Crippen LogP contribution in [0.5, 0.6) is 0 Å². The van der Waals surface area contributed by atoms with E-state index in [2.05, 4.69) is 15.9 Å². The Morgan fingerprint density at radius 1 is 1.43 bits per heavy atom.